The standard InChI is InChI=1S/C7H12N4O3/c1-7(2,3)13-11-6(12)4-5(8)10-14-9-4/h1-3H3,(H2,8,10)(H,11,12). The minimum Gasteiger partial charge on any atom is -0.379 e. The van der Waals surface area contributed by atoms with Gasteiger partial charge >= 0.3 is 5.91 Å². The molecule has 1 amide bonds. The zero-order chi connectivity index (χ0) is 10.8. The van der Waals surface area contributed by atoms with Gasteiger partial charge in [0.1, 0.15) is 0 Å². The highest BCUT2D eigenvalue weighted by molar-refractivity contribution is 5.95. The molecule has 1 heterocycles. The summed E-state index contributed by atoms with van der Waals surface area (Å²) in [5.74, 6) is -0.654. The first-order valence-corrected chi connectivity index (χ1v) is 3.96. The maximum absolute atomic E-state index is 11.3. The van der Waals surface area contributed by atoms with Crippen molar-refractivity contribution in [2.45, 2.75) is 26.4 Å². The van der Waals surface area contributed by atoms with E-state index in [1.807, 2.05) is 0 Å². The summed E-state index contributed by atoms with van der Waals surface area (Å²) in [7, 11) is 0. The van der Waals surface area contributed by atoms with Gasteiger partial charge in [-0.25, -0.2) is 10.1 Å². The van der Waals surface area contributed by atoms with Gasteiger partial charge < -0.3 is 5.73 Å². The highest BCUT2D eigenvalue weighted by Crippen LogP contribution is 2.07. The molecule has 0 saturated carbocycles. The normalized spacial score (nSPS) is 11.4. The van der Waals surface area contributed by atoms with E-state index in [2.05, 4.69) is 20.4 Å². The quantitative estimate of drug-likeness (QED) is 0.657. The largest absolute Gasteiger partial charge is 0.379 e. The third kappa shape index (κ3) is 2.70. The number of carbonyl (C=O) groups is 1. The molecular formula is C7H12N4O3. The number of nitrogens with two attached hydrogens (primary N) is 1. The van der Waals surface area contributed by atoms with E-state index in [4.69, 9.17) is 10.6 Å². The molecule has 14 heavy (non-hydrogen) atoms. The summed E-state index contributed by atoms with van der Waals surface area (Å²) >= 11 is 0. The van der Waals surface area contributed by atoms with Crippen molar-refractivity contribution in [3.63, 3.8) is 0 Å². The summed E-state index contributed by atoms with van der Waals surface area (Å²) in [6.45, 7) is 5.37. The first kappa shape index (κ1) is 10.5. The van der Waals surface area contributed by atoms with Crippen LogP contribution in [0.3, 0.4) is 0 Å². The van der Waals surface area contributed by atoms with Crippen molar-refractivity contribution in [2.75, 3.05) is 5.73 Å². The predicted octanol–water partition coefficient (Wildman–Crippen LogP) is 0.112. The van der Waals surface area contributed by atoms with Gasteiger partial charge in [0.15, 0.2) is 0 Å². The number of carbonyl (C=O) groups excluding carboxylic acids is 1. The lowest BCUT2D eigenvalue weighted by Crippen LogP contribution is -2.34. The average Bonchev–Trinajstić information content (AvgIpc) is 2.46. The number of hydrogen-bond acceptors (Lipinski definition) is 6. The molecule has 78 valence electrons. The minimum atomic E-state index is -0.585. The number of nitrogens with one attached hydrogen (secondary N) is 1. The number of hydroxylamine groups is 1. The first-order chi connectivity index (χ1) is 6.40. The van der Waals surface area contributed by atoms with Crippen LogP contribution < -0.4 is 11.2 Å². The van der Waals surface area contributed by atoms with Gasteiger partial charge in [0.05, 0.1) is 5.60 Å². The highest BCUT2D eigenvalue weighted by atomic mass is 16.7. The summed E-state index contributed by atoms with van der Waals surface area (Å²) in [6, 6.07) is 0. The van der Waals surface area contributed by atoms with Gasteiger partial charge in [-0.3, -0.25) is 9.63 Å². The van der Waals surface area contributed by atoms with Crippen molar-refractivity contribution in [2.24, 2.45) is 0 Å². The van der Waals surface area contributed by atoms with Crippen LogP contribution in [-0.2, 0) is 4.84 Å². The van der Waals surface area contributed by atoms with E-state index >= 15 is 0 Å². The fourth-order valence-corrected chi connectivity index (χ4v) is 0.601. The SMILES string of the molecule is CC(C)(C)ONC(=O)c1nonc1N. The van der Waals surface area contributed by atoms with Crippen molar-refractivity contribution in [1.82, 2.24) is 15.8 Å². The maximum atomic E-state index is 11.3. The molecule has 7 heteroatoms. The van der Waals surface area contributed by atoms with Gasteiger partial charge in [0.2, 0.25) is 11.5 Å². The predicted molar refractivity (Wildman–Crippen MR) is 47.0 cm³/mol. The van der Waals surface area contributed by atoms with Crippen LogP contribution in [-0.4, -0.2) is 21.8 Å². The molecule has 0 fully saturated rings. The van der Waals surface area contributed by atoms with Gasteiger partial charge in [-0.2, -0.15) is 0 Å². The molecule has 1 aromatic heterocycles. The molecule has 0 spiro atoms. The Kier molecular flexibility index (Phi) is 2.70. The second-order valence-corrected chi connectivity index (χ2v) is 3.64. The summed E-state index contributed by atoms with van der Waals surface area (Å²) in [6.07, 6.45) is 0. The van der Waals surface area contributed by atoms with Crippen LogP contribution in [0.2, 0.25) is 0 Å². The van der Waals surface area contributed by atoms with E-state index in [1.165, 1.54) is 0 Å². The Morgan fingerprint density at radius 2 is 2.14 bits per heavy atom. The average molecular weight is 200 g/mol. The van der Waals surface area contributed by atoms with E-state index in [0.29, 0.717) is 0 Å². The van der Waals surface area contributed by atoms with Crippen LogP contribution in [0.15, 0.2) is 4.63 Å². The molecule has 0 saturated heterocycles. The van der Waals surface area contributed by atoms with E-state index in [-0.39, 0.29) is 11.5 Å². The van der Waals surface area contributed by atoms with Crippen LogP contribution in [0, 0.1) is 0 Å². The maximum Gasteiger partial charge on any atom is 0.301 e. The first-order valence-electron chi connectivity index (χ1n) is 3.96. The molecule has 0 atom stereocenters. The van der Waals surface area contributed by atoms with E-state index in [1.54, 1.807) is 20.8 Å². The third-order valence-electron chi connectivity index (χ3n) is 1.18. The van der Waals surface area contributed by atoms with Crippen LogP contribution >= 0.6 is 0 Å². The Labute approximate surface area is 80.5 Å². The second-order valence-electron chi connectivity index (χ2n) is 3.64. The number of hydrogen-bond donors (Lipinski definition) is 2. The summed E-state index contributed by atoms with van der Waals surface area (Å²) < 4.78 is 4.26. The Hall–Kier alpha value is -1.63. The van der Waals surface area contributed by atoms with Crippen molar-refractivity contribution >= 4 is 11.7 Å². The molecule has 3 N–H and O–H groups in total. The number of nitrogens with zero attached hydrogens (tertiary/aromatic N) is 2. The van der Waals surface area contributed by atoms with Crippen molar-refractivity contribution in [1.29, 1.82) is 0 Å². The summed E-state index contributed by atoms with van der Waals surface area (Å²) in [4.78, 5) is 16.3. The fourth-order valence-electron chi connectivity index (χ4n) is 0.601. The molecule has 0 aliphatic carbocycles. The number of aromatic nitrogens is 2. The molecule has 0 aromatic carbocycles. The molecule has 0 unspecified atom stereocenters. The molecule has 0 bridgehead atoms. The van der Waals surface area contributed by atoms with Gasteiger partial charge in [-0.1, -0.05) is 0 Å². The molecule has 0 aliphatic heterocycles. The van der Waals surface area contributed by atoms with E-state index < -0.39 is 11.5 Å². The van der Waals surface area contributed by atoms with Crippen molar-refractivity contribution in [3.8, 4) is 0 Å². The van der Waals surface area contributed by atoms with Crippen molar-refractivity contribution < 1.29 is 14.3 Å². The number of nitrogen functional groups attached to an aromatic ring is 1. The summed E-state index contributed by atoms with van der Waals surface area (Å²) in [5, 5.41) is 6.57. The number of anilines is 1. The monoisotopic (exact) mass is 200 g/mol. The van der Waals surface area contributed by atoms with Gasteiger partial charge in [0, 0.05) is 0 Å². The Balaban J connectivity index is 2.56. The van der Waals surface area contributed by atoms with Crippen molar-refractivity contribution in [3.05, 3.63) is 5.69 Å². The number of rotatable bonds is 2. The van der Waals surface area contributed by atoms with Gasteiger partial charge in [0.25, 0.3) is 0 Å². The lowest BCUT2D eigenvalue weighted by molar-refractivity contribution is -0.0592. The Morgan fingerprint density at radius 1 is 1.50 bits per heavy atom. The zero-order valence-electron chi connectivity index (χ0n) is 8.20. The highest BCUT2D eigenvalue weighted by Gasteiger charge is 2.19. The molecule has 0 aliphatic rings. The van der Waals surface area contributed by atoms with Gasteiger partial charge in [-0.15, -0.1) is 0 Å². The molecule has 1 aromatic rings. The van der Waals surface area contributed by atoms with Crippen LogP contribution in [0.5, 0.6) is 0 Å². The van der Waals surface area contributed by atoms with Crippen LogP contribution in [0.4, 0.5) is 5.82 Å². The zero-order valence-corrected chi connectivity index (χ0v) is 8.20. The topological polar surface area (TPSA) is 103 Å². The molecule has 7 nitrogen and oxygen atoms in total. The minimum absolute atomic E-state index is 0.0694. The summed E-state index contributed by atoms with van der Waals surface area (Å²) in [5.41, 5.74) is 6.91. The fraction of sp³-hybridized carbons (Fsp3) is 0.571. The van der Waals surface area contributed by atoms with Gasteiger partial charge in [-0.05, 0) is 31.1 Å². The Bertz CT molecular complexity index is 328. The lowest BCUT2D eigenvalue weighted by atomic mass is 10.2. The van der Waals surface area contributed by atoms with E-state index in [9.17, 15) is 4.79 Å². The molecular weight excluding hydrogens is 188 g/mol. The van der Waals surface area contributed by atoms with Crippen LogP contribution in [0.25, 0.3) is 0 Å². The van der Waals surface area contributed by atoms with Crippen LogP contribution in [0.1, 0.15) is 31.3 Å². The third-order valence-corrected chi connectivity index (χ3v) is 1.18. The number of amides is 1. The molecule has 1 rings (SSSR count). The second kappa shape index (κ2) is 3.62. The molecule has 0 radical (unpaired) electrons. The lowest BCUT2D eigenvalue weighted by Gasteiger charge is -2.18. The smallest absolute Gasteiger partial charge is 0.301 e. The Morgan fingerprint density at radius 3 is 2.57 bits per heavy atom. The van der Waals surface area contributed by atoms with E-state index in [0.717, 1.165) is 0 Å².